The lowest BCUT2D eigenvalue weighted by Crippen LogP contribution is -2.70. The van der Waals surface area contributed by atoms with Crippen molar-refractivity contribution in [3.05, 3.63) is 89.1 Å². The number of fused-ring (bicyclic) bond motifs is 1. The summed E-state index contributed by atoms with van der Waals surface area (Å²) in [5.74, 6) is 0.379. The molecule has 0 saturated carbocycles. The van der Waals surface area contributed by atoms with E-state index in [1.54, 1.807) is 43.5 Å². The van der Waals surface area contributed by atoms with Crippen LogP contribution in [0.15, 0.2) is 78.0 Å². The Hall–Kier alpha value is -3.43. The van der Waals surface area contributed by atoms with Crippen LogP contribution in [0.4, 0.5) is 4.79 Å². The topological polar surface area (TPSA) is 94.2 Å². The van der Waals surface area contributed by atoms with Gasteiger partial charge in [-0.05, 0) is 28.8 Å². The monoisotopic (exact) mass is 528 g/mol. The number of allylic oxidation sites excluding steroid dienone is 2. The number of ether oxygens (including phenoxy) is 3. The van der Waals surface area contributed by atoms with Gasteiger partial charge in [0.15, 0.2) is 0 Å². The van der Waals surface area contributed by atoms with Crippen molar-refractivity contribution in [2.75, 3.05) is 18.7 Å². The SMILES string of the molecule is COc1ccc(COC(=O)C2=C(/C=C/CCl)CS[C@@H]3[C@H](NC(=O)OCc4ccccc4)C(=O)N23)cc1. The normalized spacial score (nSPS) is 18.9. The molecule has 0 aromatic heterocycles. The zero-order valence-electron chi connectivity index (χ0n) is 19.5. The average Bonchev–Trinajstić information content (AvgIpc) is 2.92. The van der Waals surface area contributed by atoms with Gasteiger partial charge in [0, 0.05) is 11.6 Å². The molecule has 0 aliphatic carbocycles. The van der Waals surface area contributed by atoms with Crippen molar-refractivity contribution in [2.45, 2.75) is 24.6 Å². The lowest BCUT2D eigenvalue weighted by molar-refractivity contribution is -0.152. The fourth-order valence-electron chi connectivity index (χ4n) is 3.78. The van der Waals surface area contributed by atoms with Crippen molar-refractivity contribution in [3.63, 3.8) is 0 Å². The molecule has 0 bridgehead atoms. The summed E-state index contributed by atoms with van der Waals surface area (Å²) in [6.45, 7) is 0.122. The first kappa shape index (κ1) is 25.7. The number of carbonyl (C=O) groups is 3. The zero-order valence-corrected chi connectivity index (χ0v) is 21.1. The maximum Gasteiger partial charge on any atom is 0.408 e. The van der Waals surface area contributed by atoms with Crippen molar-refractivity contribution in [3.8, 4) is 5.75 Å². The number of nitrogens with one attached hydrogen (secondary N) is 1. The number of hydrogen-bond acceptors (Lipinski definition) is 7. The van der Waals surface area contributed by atoms with Gasteiger partial charge in [0.1, 0.15) is 36.1 Å². The molecule has 2 amide bonds. The first-order valence-electron chi connectivity index (χ1n) is 11.2. The van der Waals surface area contributed by atoms with E-state index in [0.29, 0.717) is 17.1 Å². The van der Waals surface area contributed by atoms with Crippen LogP contribution in [0.1, 0.15) is 11.1 Å². The third-order valence-electron chi connectivity index (χ3n) is 5.61. The van der Waals surface area contributed by atoms with Crippen LogP contribution in [0.5, 0.6) is 5.75 Å². The second-order valence-electron chi connectivity index (χ2n) is 7.95. The molecule has 2 aromatic rings. The average molecular weight is 529 g/mol. The first-order chi connectivity index (χ1) is 17.5. The molecular formula is C26H25ClN2O6S. The molecule has 2 heterocycles. The Labute approximate surface area is 218 Å². The van der Waals surface area contributed by atoms with Crippen molar-refractivity contribution in [1.29, 1.82) is 0 Å². The molecule has 1 fully saturated rings. The van der Waals surface area contributed by atoms with Crippen molar-refractivity contribution in [1.82, 2.24) is 10.2 Å². The molecule has 2 aliphatic heterocycles. The number of amides is 2. The summed E-state index contributed by atoms with van der Waals surface area (Å²) in [6.07, 6.45) is 2.73. The minimum Gasteiger partial charge on any atom is -0.497 e. The summed E-state index contributed by atoms with van der Waals surface area (Å²) in [5.41, 5.74) is 2.41. The standard InChI is InChI=1S/C26H25ClN2O6S/c1-33-20-11-9-18(10-12-20)14-34-25(31)22-19(8-5-13-27)16-36-24-21(23(30)29(22)24)28-26(32)35-15-17-6-3-2-4-7-17/h2-12,21,24H,13-16H2,1H3,(H,28,32)/b8-5+/t21-,24-/m1/s1. The molecule has 0 radical (unpaired) electrons. The fraction of sp³-hybridized carbons (Fsp3) is 0.269. The highest BCUT2D eigenvalue weighted by molar-refractivity contribution is 8.00. The van der Waals surface area contributed by atoms with E-state index in [1.165, 1.54) is 16.7 Å². The molecule has 2 aromatic carbocycles. The van der Waals surface area contributed by atoms with E-state index < -0.39 is 29.4 Å². The number of alkyl halides is 1. The molecule has 10 heteroatoms. The van der Waals surface area contributed by atoms with E-state index in [0.717, 1.165) is 11.1 Å². The molecule has 2 aliphatic rings. The lowest BCUT2D eigenvalue weighted by atomic mass is 10.0. The molecule has 4 rings (SSSR count). The number of benzene rings is 2. The number of methoxy groups -OCH3 is 1. The van der Waals surface area contributed by atoms with Gasteiger partial charge < -0.3 is 19.5 Å². The van der Waals surface area contributed by atoms with Crippen LogP contribution in [0.3, 0.4) is 0 Å². The number of alkyl carbamates (subject to hydrolysis) is 1. The number of β-lactam (4-membered cyclic amide) rings is 1. The zero-order chi connectivity index (χ0) is 25.5. The van der Waals surface area contributed by atoms with E-state index in [2.05, 4.69) is 5.32 Å². The van der Waals surface area contributed by atoms with Gasteiger partial charge in [-0.15, -0.1) is 23.4 Å². The number of carbonyl (C=O) groups excluding carboxylic acids is 3. The summed E-state index contributed by atoms with van der Waals surface area (Å²) in [4.78, 5) is 39.8. The summed E-state index contributed by atoms with van der Waals surface area (Å²) < 4.78 is 15.9. The maximum atomic E-state index is 13.1. The number of halogens is 1. The molecule has 1 saturated heterocycles. The predicted octanol–water partition coefficient (Wildman–Crippen LogP) is 4.00. The van der Waals surface area contributed by atoms with Gasteiger partial charge in [-0.1, -0.05) is 54.6 Å². The smallest absolute Gasteiger partial charge is 0.408 e. The molecule has 1 N–H and O–H groups in total. The number of esters is 1. The van der Waals surface area contributed by atoms with Crippen LogP contribution in [-0.2, 0) is 32.3 Å². The largest absolute Gasteiger partial charge is 0.497 e. The van der Waals surface area contributed by atoms with Crippen LogP contribution in [0.25, 0.3) is 0 Å². The number of hydrogen-bond donors (Lipinski definition) is 1. The predicted molar refractivity (Wildman–Crippen MR) is 136 cm³/mol. The van der Waals surface area contributed by atoms with Gasteiger partial charge in [-0.2, -0.15) is 0 Å². The highest BCUT2D eigenvalue weighted by Crippen LogP contribution is 2.41. The first-order valence-corrected chi connectivity index (χ1v) is 12.8. The van der Waals surface area contributed by atoms with Gasteiger partial charge >= 0.3 is 12.1 Å². The summed E-state index contributed by atoms with van der Waals surface area (Å²) in [5, 5.41) is 2.18. The van der Waals surface area contributed by atoms with Crippen molar-refractivity contribution < 1.29 is 28.6 Å². The van der Waals surface area contributed by atoms with Gasteiger partial charge in [-0.3, -0.25) is 9.69 Å². The number of thioether (sulfide) groups is 1. The molecule has 188 valence electrons. The van der Waals surface area contributed by atoms with Gasteiger partial charge in [0.05, 0.1) is 7.11 Å². The quantitative estimate of drug-likeness (QED) is 0.299. The Balaban J connectivity index is 1.42. The highest BCUT2D eigenvalue weighted by atomic mass is 35.5. The number of nitrogens with zero attached hydrogens (tertiary/aromatic N) is 1. The second-order valence-corrected chi connectivity index (χ2v) is 9.36. The van der Waals surface area contributed by atoms with Gasteiger partial charge in [0.25, 0.3) is 5.91 Å². The number of rotatable bonds is 9. The van der Waals surface area contributed by atoms with E-state index >= 15 is 0 Å². The summed E-state index contributed by atoms with van der Waals surface area (Å²) in [6, 6.07) is 15.6. The molecule has 8 nitrogen and oxygen atoms in total. The fourth-order valence-corrected chi connectivity index (χ4v) is 5.19. The lowest BCUT2D eigenvalue weighted by Gasteiger charge is -2.49. The van der Waals surface area contributed by atoms with Crippen LogP contribution in [0, 0.1) is 0 Å². The third-order valence-corrected chi connectivity index (χ3v) is 7.09. The third kappa shape index (κ3) is 5.85. The molecular weight excluding hydrogens is 504 g/mol. The van der Waals surface area contributed by atoms with Crippen molar-refractivity contribution in [2.24, 2.45) is 0 Å². The van der Waals surface area contributed by atoms with Crippen LogP contribution in [0.2, 0.25) is 0 Å². The van der Waals surface area contributed by atoms with Crippen molar-refractivity contribution >= 4 is 41.3 Å². The summed E-state index contributed by atoms with van der Waals surface area (Å²) >= 11 is 7.23. The Morgan fingerprint density at radius 3 is 2.47 bits per heavy atom. The molecule has 36 heavy (non-hydrogen) atoms. The Morgan fingerprint density at radius 2 is 1.78 bits per heavy atom. The molecule has 0 unspecified atom stereocenters. The highest BCUT2D eigenvalue weighted by Gasteiger charge is 2.54. The second kappa shape index (κ2) is 12.0. The van der Waals surface area contributed by atoms with E-state index in [-0.39, 0.29) is 24.8 Å². The van der Waals surface area contributed by atoms with E-state index in [4.69, 9.17) is 25.8 Å². The minimum absolute atomic E-state index is 0.0339. The Morgan fingerprint density at radius 1 is 1.08 bits per heavy atom. The van der Waals surface area contributed by atoms with E-state index in [9.17, 15) is 14.4 Å². The Kier molecular flexibility index (Phi) is 8.56. The van der Waals surface area contributed by atoms with E-state index in [1.807, 2.05) is 30.3 Å². The van der Waals surface area contributed by atoms with Gasteiger partial charge in [0.2, 0.25) is 0 Å². The molecule has 0 spiro atoms. The maximum absolute atomic E-state index is 13.1. The van der Waals surface area contributed by atoms with Crippen LogP contribution >= 0.6 is 23.4 Å². The van der Waals surface area contributed by atoms with Gasteiger partial charge in [-0.25, -0.2) is 9.59 Å². The van der Waals surface area contributed by atoms with Crippen LogP contribution in [-0.4, -0.2) is 53.0 Å². The summed E-state index contributed by atoms with van der Waals surface area (Å²) in [7, 11) is 1.57. The van der Waals surface area contributed by atoms with Crippen LogP contribution < -0.4 is 10.1 Å². The molecule has 2 atom stereocenters. The minimum atomic E-state index is -0.804. The Bertz CT molecular complexity index is 1170.